The fourth-order valence-corrected chi connectivity index (χ4v) is 4.40. The second kappa shape index (κ2) is 8.40. The largest absolute Gasteiger partial charge is 0.339 e. The van der Waals surface area contributed by atoms with Gasteiger partial charge in [0.1, 0.15) is 6.54 Å². The van der Waals surface area contributed by atoms with Crippen LogP contribution in [0.4, 0.5) is 0 Å². The van der Waals surface area contributed by atoms with Gasteiger partial charge in [-0.2, -0.15) is 0 Å². The molecular formula is C20H31N3O4. The molecule has 7 heteroatoms. The molecule has 2 heterocycles. The second-order valence-electron chi connectivity index (χ2n) is 8.45. The van der Waals surface area contributed by atoms with Gasteiger partial charge in [-0.15, -0.1) is 0 Å². The Morgan fingerprint density at radius 1 is 0.889 bits per heavy atom. The molecule has 0 spiro atoms. The number of nitrogens with zero attached hydrogens (tertiary/aromatic N) is 3. The summed E-state index contributed by atoms with van der Waals surface area (Å²) in [7, 11) is 0. The van der Waals surface area contributed by atoms with Crippen molar-refractivity contribution in [3.8, 4) is 0 Å². The highest BCUT2D eigenvalue weighted by Crippen LogP contribution is 2.37. The van der Waals surface area contributed by atoms with E-state index in [1.165, 1.54) is 4.90 Å². The molecule has 0 N–H and O–H groups in total. The normalized spacial score (nSPS) is 26.0. The molecule has 1 saturated carbocycles. The van der Waals surface area contributed by atoms with Gasteiger partial charge in [-0.3, -0.25) is 24.1 Å². The Balaban J connectivity index is 1.49. The van der Waals surface area contributed by atoms with E-state index in [1.54, 1.807) is 4.90 Å². The number of imide groups is 1. The third-order valence-electron chi connectivity index (χ3n) is 6.15. The molecule has 2 aliphatic heterocycles. The molecule has 7 nitrogen and oxygen atoms in total. The van der Waals surface area contributed by atoms with E-state index in [0.717, 1.165) is 32.1 Å². The number of carbonyl (C=O) groups is 4. The molecular weight excluding hydrogens is 346 g/mol. The third kappa shape index (κ3) is 4.33. The fraction of sp³-hybridized carbons (Fsp3) is 0.800. The standard InChI is InChI=1S/C20H31N3O4/c1-14(2)7-8-17(24)21-9-11-22(12-10-21)18(25)13-23-19(26)15-5-3-4-6-16(15)20(23)27/h14-16H,3-13H2,1-2H3. The van der Waals surface area contributed by atoms with Crippen molar-refractivity contribution >= 4 is 23.6 Å². The van der Waals surface area contributed by atoms with Crippen LogP contribution in [-0.4, -0.2) is 71.1 Å². The summed E-state index contributed by atoms with van der Waals surface area (Å²) < 4.78 is 0. The summed E-state index contributed by atoms with van der Waals surface area (Å²) in [5, 5.41) is 0. The second-order valence-corrected chi connectivity index (χ2v) is 8.45. The lowest BCUT2D eigenvalue weighted by Gasteiger charge is -2.35. The molecule has 0 aromatic heterocycles. The van der Waals surface area contributed by atoms with Crippen molar-refractivity contribution in [3.63, 3.8) is 0 Å². The molecule has 0 aromatic rings. The lowest BCUT2D eigenvalue weighted by atomic mass is 9.81. The monoisotopic (exact) mass is 377 g/mol. The Morgan fingerprint density at radius 3 is 1.85 bits per heavy atom. The topological polar surface area (TPSA) is 78.0 Å². The van der Waals surface area contributed by atoms with Crippen LogP contribution >= 0.6 is 0 Å². The zero-order valence-corrected chi connectivity index (χ0v) is 16.5. The van der Waals surface area contributed by atoms with E-state index in [-0.39, 0.29) is 42.0 Å². The number of hydrogen-bond donors (Lipinski definition) is 0. The summed E-state index contributed by atoms with van der Waals surface area (Å²) in [6.07, 6.45) is 4.91. The molecule has 0 radical (unpaired) electrons. The van der Waals surface area contributed by atoms with Crippen LogP contribution in [-0.2, 0) is 19.2 Å². The van der Waals surface area contributed by atoms with Gasteiger partial charge in [0.2, 0.25) is 23.6 Å². The summed E-state index contributed by atoms with van der Waals surface area (Å²) in [4.78, 5) is 54.5. The van der Waals surface area contributed by atoms with E-state index < -0.39 is 0 Å². The van der Waals surface area contributed by atoms with Crippen LogP contribution in [0.25, 0.3) is 0 Å². The minimum Gasteiger partial charge on any atom is -0.339 e. The number of fused-ring (bicyclic) bond motifs is 1. The van der Waals surface area contributed by atoms with Gasteiger partial charge >= 0.3 is 0 Å². The van der Waals surface area contributed by atoms with Crippen LogP contribution in [0.15, 0.2) is 0 Å². The van der Waals surface area contributed by atoms with Crippen LogP contribution in [0.5, 0.6) is 0 Å². The predicted octanol–water partition coefficient (Wildman–Crippen LogP) is 1.27. The van der Waals surface area contributed by atoms with Crippen LogP contribution in [0.2, 0.25) is 0 Å². The van der Waals surface area contributed by atoms with Gasteiger partial charge in [0.05, 0.1) is 11.8 Å². The number of rotatable bonds is 5. The van der Waals surface area contributed by atoms with Crippen LogP contribution in [0.3, 0.4) is 0 Å². The number of amides is 4. The van der Waals surface area contributed by atoms with Gasteiger partial charge in [0, 0.05) is 32.6 Å². The van der Waals surface area contributed by atoms with E-state index in [9.17, 15) is 19.2 Å². The minimum absolute atomic E-state index is 0.143. The van der Waals surface area contributed by atoms with E-state index in [0.29, 0.717) is 38.5 Å². The smallest absolute Gasteiger partial charge is 0.242 e. The van der Waals surface area contributed by atoms with Gasteiger partial charge < -0.3 is 9.80 Å². The van der Waals surface area contributed by atoms with Crippen molar-refractivity contribution in [2.24, 2.45) is 17.8 Å². The molecule has 1 aliphatic carbocycles. The average molecular weight is 377 g/mol. The van der Waals surface area contributed by atoms with Crippen molar-refractivity contribution in [1.82, 2.24) is 14.7 Å². The summed E-state index contributed by atoms with van der Waals surface area (Å²) >= 11 is 0. The van der Waals surface area contributed by atoms with E-state index in [2.05, 4.69) is 13.8 Å². The van der Waals surface area contributed by atoms with E-state index in [1.807, 2.05) is 4.90 Å². The van der Waals surface area contributed by atoms with Crippen LogP contribution in [0, 0.1) is 17.8 Å². The van der Waals surface area contributed by atoms with Crippen molar-refractivity contribution in [1.29, 1.82) is 0 Å². The Bertz CT molecular complexity index is 586. The highest BCUT2D eigenvalue weighted by atomic mass is 16.2. The van der Waals surface area contributed by atoms with Crippen LogP contribution < -0.4 is 0 Å². The first-order valence-electron chi connectivity index (χ1n) is 10.3. The van der Waals surface area contributed by atoms with Gasteiger partial charge in [-0.05, 0) is 25.2 Å². The van der Waals surface area contributed by atoms with Gasteiger partial charge in [-0.1, -0.05) is 26.7 Å². The molecule has 4 amide bonds. The summed E-state index contributed by atoms with van der Waals surface area (Å²) in [5.74, 6) is -0.310. The zero-order valence-electron chi connectivity index (χ0n) is 16.5. The van der Waals surface area contributed by atoms with Gasteiger partial charge in [0.15, 0.2) is 0 Å². The summed E-state index contributed by atoms with van der Waals surface area (Å²) in [6.45, 7) is 6.03. The highest BCUT2D eigenvalue weighted by Gasteiger charge is 2.48. The molecule has 2 unspecified atom stereocenters. The Morgan fingerprint density at radius 2 is 1.37 bits per heavy atom. The molecule has 2 saturated heterocycles. The van der Waals surface area contributed by atoms with Crippen molar-refractivity contribution in [2.45, 2.75) is 52.4 Å². The first kappa shape index (κ1) is 19.8. The predicted molar refractivity (Wildman–Crippen MR) is 99.4 cm³/mol. The lowest BCUT2D eigenvalue weighted by Crippen LogP contribution is -2.53. The molecule has 0 bridgehead atoms. The summed E-state index contributed by atoms with van der Waals surface area (Å²) in [6, 6.07) is 0. The molecule has 3 rings (SSSR count). The van der Waals surface area contributed by atoms with Crippen molar-refractivity contribution in [2.75, 3.05) is 32.7 Å². The van der Waals surface area contributed by atoms with Gasteiger partial charge in [-0.25, -0.2) is 0 Å². The first-order chi connectivity index (χ1) is 12.9. The Labute approximate surface area is 161 Å². The molecule has 0 aromatic carbocycles. The SMILES string of the molecule is CC(C)CCC(=O)N1CCN(C(=O)CN2C(=O)C3CCCCC3C2=O)CC1. The molecule has 3 aliphatic rings. The molecule has 3 fully saturated rings. The first-order valence-corrected chi connectivity index (χ1v) is 10.3. The number of likely N-dealkylation sites (tertiary alicyclic amines) is 1. The van der Waals surface area contributed by atoms with Crippen molar-refractivity contribution in [3.05, 3.63) is 0 Å². The fourth-order valence-electron chi connectivity index (χ4n) is 4.40. The lowest BCUT2D eigenvalue weighted by molar-refractivity contribution is -0.148. The van der Waals surface area contributed by atoms with E-state index in [4.69, 9.17) is 0 Å². The number of piperazine rings is 1. The number of hydrogen-bond acceptors (Lipinski definition) is 4. The highest BCUT2D eigenvalue weighted by molar-refractivity contribution is 6.07. The average Bonchev–Trinajstić information content (AvgIpc) is 2.91. The van der Waals surface area contributed by atoms with Crippen molar-refractivity contribution < 1.29 is 19.2 Å². The third-order valence-corrected chi connectivity index (χ3v) is 6.15. The maximum absolute atomic E-state index is 12.6. The maximum Gasteiger partial charge on any atom is 0.242 e. The Hall–Kier alpha value is -1.92. The maximum atomic E-state index is 12.6. The molecule has 2 atom stereocenters. The zero-order chi connectivity index (χ0) is 19.6. The quantitative estimate of drug-likeness (QED) is 0.676. The minimum atomic E-state index is -0.213. The van der Waals surface area contributed by atoms with Crippen LogP contribution in [0.1, 0.15) is 52.4 Å². The number of carbonyl (C=O) groups excluding carboxylic acids is 4. The Kier molecular flexibility index (Phi) is 6.17. The van der Waals surface area contributed by atoms with Gasteiger partial charge in [0.25, 0.3) is 0 Å². The van der Waals surface area contributed by atoms with E-state index >= 15 is 0 Å². The molecule has 150 valence electrons. The molecule has 27 heavy (non-hydrogen) atoms. The summed E-state index contributed by atoms with van der Waals surface area (Å²) in [5.41, 5.74) is 0.